The number of halogens is 5. The van der Waals surface area contributed by atoms with E-state index in [1.54, 1.807) is 65.2 Å². The lowest BCUT2D eigenvalue weighted by Crippen LogP contribution is -2.28. The first kappa shape index (κ1) is 97.2. The highest BCUT2D eigenvalue weighted by Gasteiger charge is 2.26. The smallest absolute Gasteiger partial charge is 0.157 e. The van der Waals surface area contributed by atoms with Crippen LogP contribution in [0, 0.1) is 33.5 Å². The number of amidine groups is 6. The van der Waals surface area contributed by atoms with E-state index >= 15 is 0 Å². The van der Waals surface area contributed by atoms with E-state index in [4.69, 9.17) is 46.4 Å². The first-order valence-corrected chi connectivity index (χ1v) is 51.3. The van der Waals surface area contributed by atoms with Gasteiger partial charge in [-0.3, -0.25) is 30.0 Å². The summed E-state index contributed by atoms with van der Waals surface area (Å²) in [7, 11) is 0. The first-order valence-electron chi connectivity index (χ1n) is 43.8. The Balaban J connectivity index is 0.000000132. The van der Waals surface area contributed by atoms with Gasteiger partial charge in [-0.25, -0.2) is 4.39 Å². The molecular weight excluding hydrogens is 1790 g/mol. The molecule has 0 saturated carbocycles. The quantitative estimate of drug-likeness (QED) is 0.0342. The Morgan fingerprint density at radius 3 is 0.930 bits per heavy atom. The highest BCUT2D eigenvalue weighted by Crippen LogP contribution is 2.33. The predicted octanol–water partition coefficient (Wildman–Crippen LogP) is 26.0. The average molecular weight is 1910 g/mol. The van der Waals surface area contributed by atoms with E-state index in [0.29, 0.717) is 12.0 Å². The molecule has 0 amide bonds. The molecule has 18 rings (SSSR count). The number of aliphatic imine (C=N–C) groups is 6. The van der Waals surface area contributed by atoms with Crippen molar-refractivity contribution in [1.82, 2.24) is 31.9 Å². The summed E-state index contributed by atoms with van der Waals surface area (Å²) in [6, 6.07) is 106. The van der Waals surface area contributed by atoms with Gasteiger partial charge < -0.3 is 31.9 Å². The summed E-state index contributed by atoms with van der Waals surface area (Å²) in [5.41, 5.74) is 20.0. The van der Waals surface area contributed by atoms with Crippen LogP contribution in [0.2, 0.25) is 20.1 Å². The van der Waals surface area contributed by atoms with Crippen LogP contribution >= 0.6 is 117 Å². The Kier molecular flexibility index (Phi) is 39.6. The van der Waals surface area contributed by atoms with Crippen molar-refractivity contribution >= 4 is 148 Å². The van der Waals surface area contributed by atoms with Crippen LogP contribution < -0.4 is 31.9 Å². The number of nitrogens with zero attached hydrogens (tertiary/aromatic N) is 6. The van der Waals surface area contributed by atoms with Crippen molar-refractivity contribution in [1.29, 1.82) is 0 Å². The van der Waals surface area contributed by atoms with Crippen molar-refractivity contribution in [3.05, 3.63) is 424 Å². The van der Waals surface area contributed by atoms with Crippen molar-refractivity contribution in [3.63, 3.8) is 0 Å². The van der Waals surface area contributed by atoms with Crippen LogP contribution in [-0.4, -0.2) is 105 Å². The SMILES string of the molecule is Cc1cccc(C(Cc2ccccc2)NC2=NCCS2)c1C.Cc1cccc(CC(NC2=NCCS2)c2cccc(Cl)c2)c1.Cc1ccccc1CC(NC1=NCCS1)c1cccc(Cl)c1.Clc1cccc(C(Cc2ccccc2)NC2=NCCS2)c1.Fc1c(Cl)cccc1C(Cc1ccccc1)NC1=NCCS1.c1ccc(CC(NC2=NCCS2)c2ccccc2)cc1. The monoisotopic (exact) mass is 1900 g/mol. The molecule has 666 valence electrons. The third-order valence-electron chi connectivity index (χ3n) is 22.0. The average Bonchev–Trinajstić information content (AvgIpc) is 1.13. The van der Waals surface area contributed by atoms with Gasteiger partial charge in [0.2, 0.25) is 0 Å². The van der Waals surface area contributed by atoms with E-state index in [1.807, 2.05) is 115 Å². The fraction of sp³-hybridized carbons (Fsp3) is 0.264. The van der Waals surface area contributed by atoms with Crippen molar-refractivity contribution in [2.75, 3.05) is 73.8 Å². The largest absolute Gasteiger partial charge is 0.358 e. The van der Waals surface area contributed by atoms with Gasteiger partial charge in [-0.1, -0.05) is 389 Å². The molecule has 0 radical (unpaired) electrons. The molecule has 23 heteroatoms. The Bertz CT molecular complexity index is 5590. The Hall–Kier alpha value is -9.35. The van der Waals surface area contributed by atoms with Crippen LogP contribution in [0.4, 0.5) is 4.39 Å². The van der Waals surface area contributed by atoms with Crippen molar-refractivity contribution in [3.8, 4) is 0 Å². The molecule has 6 aliphatic rings. The maximum absolute atomic E-state index is 14.4. The van der Waals surface area contributed by atoms with Crippen LogP contribution in [0.5, 0.6) is 0 Å². The molecule has 12 aromatic rings. The Labute approximate surface area is 807 Å². The lowest BCUT2D eigenvalue weighted by atomic mass is 9.93. The molecule has 129 heavy (non-hydrogen) atoms. The minimum atomic E-state index is -0.360. The van der Waals surface area contributed by atoms with Crippen LogP contribution in [0.25, 0.3) is 0 Å². The molecule has 6 heterocycles. The second kappa shape index (κ2) is 52.6. The third-order valence-corrected chi connectivity index (χ3v) is 28.4. The molecule has 6 aliphatic heterocycles. The maximum Gasteiger partial charge on any atom is 0.157 e. The summed E-state index contributed by atoms with van der Waals surface area (Å²) in [6.07, 6.45) is 5.39. The van der Waals surface area contributed by atoms with E-state index in [0.717, 1.165) is 158 Å². The number of thioether (sulfide) groups is 6. The second-order valence-corrected chi connectivity index (χ2v) is 39.7. The number of rotatable bonds is 24. The molecular formula is C106H111Cl4FN12S6. The van der Waals surface area contributed by atoms with Gasteiger partial charge in [0.1, 0.15) is 5.82 Å². The lowest BCUT2D eigenvalue weighted by molar-refractivity contribution is 0.559. The molecule has 6 atom stereocenters. The fourth-order valence-electron chi connectivity index (χ4n) is 15.2. The number of benzene rings is 12. The van der Waals surface area contributed by atoms with Gasteiger partial charge in [-0.2, -0.15) is 0 Å². The zero-order valence-corrected chi connectivity index (χ0v) is 81.1. The van der Waals surface area contributed by atoms with Gasteiger partial charge >= 0.3 is 0 Å². The van der Waals surface area contributed by atoms with Gasteiger partial charge in [0.15, 0.2) is 31.0 Å². The number of hydrogen-bond acceptors (Lipinski definition) is 18. The second-order valence-electron chi connectivity index (χ2n) is 31.5. The molecule has 0 aliphatic carbocycles. The van der Waals surface area contributed by atoms with Gasteiger partial charge in [0.25, 0.3) is 0 Å². The predicted molar refractivity (Wildman–Crippen MR) is 562 cm³/mol. The minimum Gasteiger partial charge on any atom is -0.358 e. The number of hydrogen-bond donors (Lipinski definition) is 6. The zero-order chi connectivity index (χ0) is 89.6. The highest BCUT2D eigenvalue weighted by molar-refractivity contribution is 8.15. The topological polar surface area (TPSA) is 146 Å². The molecule has 0 bridgehead atoms. The number of nitrogens with one attached hydrogen (secondary N) is 6. The standard InChI is InChI=1S/C19H22N2S.2C18H19ClN2S.C17H16ClFN2S.C17H17ClN2S.C17H18N2S/c1-14-7-6-10-17(15(14)2)18(21-19-20-11-12-22-19)13-16-8-4-3-5-9-16;1-13-4-2-5-14(10-13)11-17(21-18-20-8-9-22-18)15-6-3-7-16(19)12-15;1-13-5-2-3-6-14(13)12-17(21-18-20-9-10-22-18)15-7-4-8-16(19)11-15;18-14-8-4-7-13(16(14)19)15(21-17-20-9-10-22-17)11-12-5-2-1-3-6-12;18-15-8-4-7-14(12-15)16(20-17-19-9-10-21-17)11-13-5-2-1-3-6-13;1-3-7-14(8-4-1)13-16(15-9-5-2-6-10-15)19-17-18-11-12-20-17/h3-10,18H,11-13H2,1-2H3,(H,20,21);2-7,10,12,17H,8-9,11H2,1H3,(H,20,21);2-8,11,17H,9-10,12H2,1H3,(H,20,21);1-8,15H,9-11H2,(H,20,21);1-8,12,16H,9-11H2,(H,19,20);1-10,16H,11-13H2,(H,18,19). The summed E-state index contributed by atoms with van der Waals surface area (Å²) in [4.78, 5) is 27.0. The Morgan fingerprint density at radius 1 is 0.271 bits per heavy atom. The van der Waals surface area contributed by atoms with Crippen molar-refractivity contribution < 1.29 is 4.39 Å². The van der Waals surface area contributed by atoms with E-state index in [2.05, 4.69) is 290 Å². The summed E-state index contributed by atoms with van der Waals surface area (Å²) in [5, 5.41) is 30.0. The van der Waals surface area contributed by atoms with Gasteiger partial charge in [0.05, 0.1) is 80.5 Å². The normalized spacial score (nSPS) is 15.5. The maximum atomic E-state index is 14.4. The summed E-state index contributed by atoms with van der Waals surface area (Å²) in [6.45, 7) is 14.1. The molecule has 12 nitrogen and oxygen atoms in total. The van der Waals surface area contributed by atoms with Crippen LogP contribution in [-0.2, 0) is 38.5 Å². The number of aryl methyl sites for hydroxylation is 3. The van der Waals surface area contributed by atoms with Gasteiger partial charge in [-0.15, -0.1) is 0 Å². The molecule has 0 saturated heterocycles. The van der Waals surface area contributed by atoms with E-state index in [9.17, 15) is 4.39 Å². The van der Waals surface area contributed by atoms with Gasteiger partial charge in [0, 0.05) is 55.1 Å². The highest BCUT2D eigenvalue weighted by atomic mass is 35.5. The van der Waals surface area contributed by atoms with Crippen LogP contribution in [0.3, 0.4) is 0 Å². The molecule has 6 N–H and O–H groups in total. The zero-order valence-electron chi connectivity index (χ0n) is 73.2. The molecule has 12 aromatic carbocycles. The minimum absolute atomic E-state index is 0.151. The summed E-state index contributed by atoms with van der Waals surface area (Å²) < 4.78 is 14.4. The third kappa shape index (κ3) is 32.3. The Morgan fingerprint density at radius 2 is 0.558 bits per heavy atom. The summed E-state index contributed by atoms with van der Waals surface area (Å²) >= 11 is 35.1. The molecule has 6 unspecified atom stereocenters. The van der Waals surface area contributed by atoms with E-state index in [-0.39, 0.29) is 47.1 Å². The van der Waals surface area contributed by atoms with Crippen LogP contribution in [0.15, 0.2) is 339 Å². The van der Waals surface area contributed by atoms with Crippen molar-refractivity contribution in [2.45, 2.75) is 102 Å². The molecule has 0 spiro atoms. The molecule has 0 aromatic heterocycles. The first-order chi connectivity index (χ1) is 63.1. The van der Waals surface area contributed by atoms with E-state index < -0.39 is 0 Å². The lowest BCUT2D eigenvalue weighted by Gasteiger charge is -2.23. The van der Waals surface area contributed by atoms with Crippen molar-refractivity contribution in [2.24, 2.45) is 30.0 Å². The van der Waals surface area contributed by atoms with Crippen LogP contribution in [0.1, 0.15) is 125 Å². The summed E-state index contributed by atoms with van der Waals surface area (Å²) in [5.74, 6) is 5.99. The fourth-order valence-corrected chi connectivity index (χ4v) is 20.7. The van der Waals surface area contributed by atoms with E-state index in [1.165, 1.54) is 77.9 Å². The van der Waals surface area contributed by atoms with Gasteiger partial charge in [-0.05, 0) is 187 Å². The molecule has 0 fully saturated rings.